The minimum absolute atomic E-state index is 0.125. The SMILES string of the molecule is COc1cc(N2C(=O)[C@@H](CCSC)NC2=S)ccc1NS(C)(=O)=O. The third-order valence-corrected chi connectivity index (χ3v) is 4.90. The summed E-state index contributed by atoms with van der Waals surface area (Å²) in [6.07, 6.45) is 3.72. The summed E-state index contributed by atoms with van der Waals surface area (Å²) in [5, 5.41) is 3.35. The molecule has 0 aromatic heterocycles. The van der Waals surface area contributed by atoms with E-state index < -0.39 is 10.0 Å². The van der Waals surface area contributed by atoms with Crippen LogP contribution < -0.4 is 19.7 Å². The van der Waals surface area contributed by atoms with Crippen LogP contribution in [0.2, 0.25) is 0 Å². The van der Waals surface area contributed by atoms with Crippen LogP contribution in [-0.4, -0.2) is 50.9 Å². The van der Waals surface area contributed by atoms with E-state index in [1.807, 2.05) is 6.26 Å². The molecular formula is C14H19N3O4S3. The highest BCUT2D eigenvalue weighted by atomic mass is 32.2. The molecule has 1 amide bonds. The Balaban J connectivity index is 2.29. The number of rotatable bonds is 7. The second-order valence-corrected chi connectivity index (χ2v) is 8.34. The first kappa shape index (κ1) is 18.8. The van der Waals surface area contributed by atoms with E-state index in [2.05, 4.69) is 10.0 Å². The molecule has 1 aromatic rings. The van der Waals surface area contributed by atoms with Crippen molar-refractivity contribution in [2.24, 2.45) is 0 Å². The standard InChI is InChI=1S/C14H19N3O4S3/c1-21-12-8-9(4-5-10(12)16-24(3,19)20)17-13(18)11(6-7-23-2)15-14(17)22/h4-5,8,11,16H,6-7H2,1-3H3,(H,15,22)/t11-/m1/s1. The normalized spacial score (nSPS) is 17.8. The van der Waals surface area contributed by atoms with Crippen molar-refractivity contribution >= 4 is 56.4 Å². The van der Waals surface area contributed by atoms with Crippen LogP contribution in [0.3, 0.4) is 0 Å². The Morgan fingerprint density at radius 1 is 1.46 bits per heavy atom. The maximum atomic E-state index is 12.5. The number of carbonyl (C=O) groups excluding carboxylic acids is 1. The summed E-state index contributed by atoms with van der Waals surface area (Å²) in [4.78, 5) is 14.0. The van der Waals surface area contributed by atoms with E-state index in [4.69, 9.17) is 17.0 Å². The van der Waals surface area contributed by atoms with Gasteiger partial charge in [-0.15, -0.1) is 0 Å². The minimum atomic E-state index is -3.43. The quantitative estimate of drug-likeness (QED) is 0.682. The van der Waals surface area contributed by atoms with Crippen molar-refractivity contribution in [3.8, 4) is 5.75 Å². The third kappa shape index (κ3) is 4.31. The first-order chi connectivity index (χ1) is 11.3. The number of nitrogens with zero attached hydrogens (tertiary/aromatic N) is 1. The second kappa shape index (κ2) is 7.58. The van der Waals surface area contributed by atoms with E-state index >= 15 is 0 Å². The molecule has 1 aromatic carbocycles. The molecule has 0 unspecified atom stereocenters. The third-order valence-electron chi connectivity index (χ3n) is 3.37. The Hall–Kier alpha value is -1.52. The molecule has 1 atom stereocenters. The van der Waals surface area contributed by atoms with Crippen molar-refractivity contribution in [2.75, 3.05) is 35.0 Å². The van der Waals surface area contributed by atoms with Crippen molar-refractivity contribution in [3.05, 3.63) is 18.2 Å². The van der Waals surface area contributed by atoms with Gasteiger partial charge in [-0.25, -0.2) is 8.42 Å². The molecule has 0 aliphatic carbocycles. The van der Waals surface area contributed by atoms with E-state index in [1.165, 1.54) is 12.0 Å². The number of sulfonamides is 1. The summed E-state index contributed by atoms with van der Waals surface area (Å²) < 4.78 is 30.4. The number of nitrogens with one attached hydrogen (secondary N) is 2. The Kier molecular flexibility index (Phi) is 5.94. The lowest BCUT2D eigenvalue weighted by atomic mass is 10.2. The molecular weight excluding hydrogens is 370 g/mol. The molecule has 0 spiro atoms. The summed E-state index contributed by atoms with van der Waals surface area (Å²) in [5.74, 6) is 1.03. The van der Waals surface area contributed by atoms with E-state index in [0.717, 1.165) is 12.0 Å². The van der Waals surface area contributed by atoms with Gasteiger partial charge < -0.3 is 10.1 Å². The van der Waals surface area contributed by atoms with Gasteiger partial charge in [-0.05, 0) is 42.8 Å². The summed E-state index contributed by atoms with van der Waals surface area (Å²) in [7, 11) is -2.01. The lowest BCUT2D eigenvalue weighted by Crippen LogP contribution is -2.31. The molecule has 10 heteroatoms. The predicted molar refractivity (Wildman–Crippen MR) is 101 cm³/mol. The molecule has 0 radical (unpaired) electrons. The van der Waals surface area contributed by atoms with E-state index in [1.54, 1.807) is 30.0 Å². The zero-order chi connectivity index (χ0) is 17.9. The van der Waals surface area contributed by atoms with Crippen LogP contribution in [0.4, 0.5) is 11.4 Å². The van der Waals surface area contributed by atoms with Gasteiger partial charge in [-0.1, -0.05) is 0 Å². The van der Waals surface area contributed by atoms with Crippen LogP contribution in [-0.2, 0) is 14.8 Å². The van der Waals surface area contributed by atoms with Gasteiger partial charge in [0.15, 0.2) is 5.11 Å². The van der Waals surface area contributed by atoms with Crippen molar-refractivity contribution in [1.82, 2.24) is 5.32 Å². The maximum absolute atomic E-state index is 12.5. The Labute approximate surface area is 151 Å². The van der Waals surface area contributed by atoms with Gasteiger partial charge in [0.1, 0.15) is 11.8 Å². The molecule has 0 saturated carbocycles. The number of anilines is 2. The highest BCUT2D eigenvalue weighted by Gasteiger charge is 2.36. The van der Waals surface area contributed by atoms with Crippen LogP contribution >= 0.6 is 24.0 Å². The molecule has 2 rings (SSSR count). The molecule has 7 nitrogen and oxygen atoms in total. The smallest absolute Gasteiger partial charge is 0.255 e. The summed E-state index contributed by atoms with van der Waals surface area (Å²) in [6.45, 7) is 0. The van der Waals surface area contributed by atoms with E-state index in [-0.39, 0.29) is 11.9 Å². The van der Waals surface area contributed by atoms with Gasteiger partial charge in [-0.3, -0.25) is 14.4 Å². The average molecular weight is 390 g/mol. The fourth-order valence-corrected chi connectivity index (χ4v) is 3.69. The topological polar surface area (TPSA) is 87.7 Å². The lowest BCUT2D eigenvalue weighted by molar-refractivity contribution is -0.118. The van der Waals surface area contributed by atoms with Gasteiger partial charge in [0, 0.05) is 6.07 Å². The van der Waals surface area contributed by atoms with Crippen molar-refractivity contribution in [2.45, 2.75) is 12.5 Å². The molecule has 24 heavy (non-hydrogen) atoms. The fourth-order valence-electron chi connectivity index (χ4n) is 2.31. The van der Waals surface area contributed by atoms with Crippen molar-refractivity contribution < 1.29 is 17.9 Å². The second-order valence-electron chi connectivity index (χ2n) is 5.22. The summed E-state index contributed by atoms with van der Waals surface area (Å²) >= 11 is 6.92. The van der Waals surface area contributed by atoms with Crippen LogP contribution in [0.1, 0.15) is 6.42 Å². The fraction of sp³-hybridized carbons (Fsp3) is 0.429. The van der Waals surface area contributed by atoms with Gasteiger partial charge >= 0.3 is 0 Å². The molecule has 0 bridgehead atoms. The van der Waals surface area contributed by atoms with Crippen molar-refractivity contribution in [3.63, 3.8) is 0 Å². The molecule has 1 aliphatic heterocycles. The number of ether oxygens (including phenoxy) is 1. The number of amides is 1. The molecule has 1 aliphatic rings. The summed E-state index contributed by atoms with van der Waals surface area (Å²) in [5.41, 5.74) is 0.827. The van der Waals surface area contributed by atoms with Crippen LogP contribution in [0.15, 0.2) is 18.2 Å². The van der Waals surface area contributed by atoms with E-state index in [9.17, 15) is 13.2 Å². The molecule has 1 saturated heterocycles. The minimum Gasteiger partial charge on any atom is -0.494 e. The highest BCUT2D eigenvalue weighted by molar-refractivity contribution is 7.98. The molecule has 1 heterocycles. The maximum Gasteiger partial charge on any atom is 0.255 e. The highest BCUT2D eigenvalue weighted by Crippen LogP contribution is 2.32. The van der Waals surface area contributed by atoms with Crippen LogP contribution in [0.5, 0.6) is 5.75 Å². The zero-order valence-electron chi connectivity index (χ0n) is 13.5. The largest absolute Gasteiger partial charge is 0.494 e. The van der Waals surface area contributed by atoms with Gasteiger partial charge in [0.05, 0.1) is 24.7 Å². The Morgan fingerprint density at radius 2 is 2.17 bits per heavy atom. The van der Waals surface area contributed by atoms with Crippen LogP contribution in [0.25, 0.3) is 0 Å². The molecule has 2 N–H and O–H groups in total. The predicted octanol–water partition coefficient (Wildman–Crippen LogP) is 1.41. The first-order valence-corrected chi connectivity index (χ1v) is 10.8. The number of hydrogen-bond acceptors (Lipinski definition) is 6. The number of methoxy groups -OCH3 is 1. The number of benzene rings is 1. The van der Waals surface area contributed by atoms with E-state index in [0.29, 0.717) is 28.7 Å². The number of hydrogen-bond donors (Lipinski definition) is 2. The van der Waals surface area contributed by atoms with Gasteiger partial charge in [0.2, 0.25) is 10.0 Å². The number of thiocarbonyl (C=S) groups is 1. The van der Waals surface area contributed by atoms with Gasteiger partial charge in [-0.2, -0.15) is 11.8 Å². The Bertz CT molecular complexity index is 752. The zero-order valence-corrected chi connectivity index (χ0v) is 16.0. The van der Waals surface area contributed by atoms with Crippen molar-refractivity contribution in [1.29, 1.82) is 0 Å². The first-order valence-electron chi connectivity index (χ1n) is 7.06. The average Bonchev–Trinajstić information content (AvgIpc) is 2.78. The number of thioether (sulfide) groups is 1. The Morgan fingerprint density at radius 3 is 2.75 bits per heavy atom. The van der Waals surface area contributed by atoms with Gasteiger partial charge in [0.25, 0.3) is 5.91 Å². The number of carbonyl (C=O) groups is 1. The molecule has 132 valence electrons. The lowest BCUT2D eigenvalue weighted by Gasteiger charge is -2.18. The van der Waals surface area contributed by atoms with Crippen LogP contribution in [0, 0.1) is 0 Å². The molecule has 1 fully saturated rings. The summed E-state index contributed by atoms with van der Waals surface area (Å²) in [6, 6.07) is 4.40. The monoisotopic (exact) mass is 389 g/mol.